The fourth-order valence-electron chi connectivity index (χ4n) is 2.56. The maximum atomic E-state index is 12.1. The number of hydrogen-bond donors (Lipinski definition) is 2. The zero-order valence-electron chi connectivity index (χ0n) is 11.0. The van der Waals surface area contributed by atoms with E-state index in [-0.39, 0.29) is 23.8 Å². The highest BCUT2D eigenvalue weighted by molar-refractivity contribution is 5.83. The summed E-state index contributed by atoms with van der Waals surface area (Å²) in [6.45, 7) is 1.87. The van der Waals surface area contributed by atoms with Gasteiger partial charge in [-0.15, -0.1) is 0 Å². The lowest BCUT2D eigenvalue weighted by atomic mass is 10.00. The normalized spacial score (nSPS) is 23.8. The molecule has 4 nitrogen and oxygen atoms in total. The van der Waals surface area contributed by atoms with Crippen molar-refractivity contribution >= 4 is 11.9 Å². The van der Waals surface area contributed by atoms with Crippen LogP contribution in [0, 0.1) is 5.92 Å². The largest absolute Gasteiger partial charge is 0.481 e. The molecule has 0 radical (unpaired) electrons. The molecule has 1 aromatic rings. The summed E-state index contributed by atoms with van der Waals surface area (Å²) in [5, 5.41) is 11.9. The van der Waals surface area contributed by atoms with Crippen LogP contribution in [0.1, 0.15) is 37.7 Å². The van der Waals surface area contributed by atoms with Gasteiger partial charge in [-0.3, -0.25) is 9.59 Å². The first-order chi connectivity index (χ1) is 9.08. The quantitative estimate of drug-likeness (QED) is 0.872. The lowest BCUT2D eigenvalue weighted by molar-refractivity contribution is -0.141. The van der Waals surface area contributed by atoms with Gasteiger partial charge in [0, 0.05) is 6.04 Å². The number of carboxylic acids is 1. The molecule has 3 atom stereocenters. The van der Waals surface area contributed by atoms with Crippen molar-refractivity contribution in [3.05, 3.63) is 35.9 Å². The number of rotatable bonds is 4. The van der Waals surface area contributed by atoms with Gasteiger partial charge < -0.3 is 10.4 Å². The monoisotopic (exact) mass is 261 g/mol. The van der Waals surface area contributed by atoms with Gasteiger partial charge in [-0.05, 0) is 31.7 Å². The molecule has 1 saturated carbocycles. The van der Waals surface area contributed by atoms with Crippen LogP contribution < -0.4 is 5.32 Å². The number of amides is 1. The summed E-state index contributed by atoms with van der Waals surface area (Å²) < 4.78 is 0. The zero-order chi connectivity index (χ0) is 13.8. The second kappa shape index (κ2) is 5.87. The van der Waals surface area contributed by atoms with Gasteiger partial charge in [0.05, 0.1) is 11.8 Å². The SMILES string of the molecule is CC(C(=O)NC1CCC(C(=O)O)C1)c1ccccc1. The smallest absolute Gasteiger partial charge is 0.306 e. The number of aliphatic carboxylic acids is 1. The van der Waals surface area contributed by atoms with E-state index in [4.69, 9.17) is 5.11 Å². The maximum Gasteiger partial charge on any atom is 0.306 e. The van der Waals surface area contributed by atoms with Crippen LogP contribution in [0.2, 0.25) is 0 Å². The molecular formula is C15H19NO3. The molecule has 0 aromatic heterocycles. The maximum absolute atomic E-state index is 12.1. The van der Waals surface area contributed by atoms with E-state index >= 15 is 0 Å². The van der Waals surface area contributed by atoms with E-state index in [2.05, 4.69) is 5.32 Å². The van der Waals surface area contributed by atoms with Crippen molar-refractivity contribution in [2.75, 3.05) is 0 Å². The van der Waals surface area contributed by atoms with E-state index in [9.17, 15) is 9.59 Å². The second-order valence-corrected chi connectivity index (χ2v) is 5.19. The Labute approximate surface area is 112 Å². The number of nitrogens with one attached hydrogen (secondary N) is 1. The first-order valence-corrected chi connectivity index (χ1v) is 6.66. The molecule has 19 heavy (non-hydrogen) atoms. The molecule has 2 N–H and O–H groups in total. The molecule has 0 bridgehead atoms. The van der Waals surface area contributed by atoms with Crippen molar-refractivity contribution in [3.8, 4) is 0 Å². The molecule has 4 heteroatoms. The van der Waals surface area contributed by atoms with Crippen molar-refractivity contribution in [2.24, 2.45) is 5.92 Å². The highest BCUT2D eigenvalue weighted by Crippen LogP contribution is 2.26. The van der Waals surface area contributed by atoms with Gasteiger partial charge >= 0.3 is 5.97 Å². The molecule has 0 saturated heterocycles. The van der Waals surface area contributed by atoms with Crippen molar-refractivity contribution < 1.29 is 14.7 Å². The highest BCUT2D eigenvalue weighted by atomic mass is 16.4. The summed E-state index contributed by atoms with van der Waals surface area (Å²) in [4.78, 5) is 23.0. The number of carbonyl (C=O) groups is 2. The van der Waals surface area contributed by atoms with Crippen LogP contribution >= 0.6 is 0 Å². The molecular weight excluding hydrogens is 242 g/mol. The minimum Gasteiger partial charge on any atom is -0.481 e. The van der Waals surface area contributed by atoms with Gasteiger partial charge in [0.25, 0.3) is 0 Å². The molecule has 1 aliphatic carbocycles. The Balaban J connectivity index is 1.90. The van der Waals surface area contributed by atoms with Crippen LogP contribution in [-0.4, -0.2) is 23.0 Å². The molecule has 1 amide bonds. The van der Waals surface area contributed by atoms with Gasteiger partial charge in [0.2, 0.25) is 5.91 Å². The third-order valence-corrected chi connectivity index (χ3v) is 3.82. The molecule has 0 aliphatic heterocycles. The van der Waals surface area contributed by atoms with E-state index < -0.39 is 5.97 Å². The average Bonchev–Trinajstić information content (AvgIpc) is 2.87. The lowest BCUT2D eigenvalue weighted by Crippen LogP contribution is -2.36. The average molecular weight is 261 g/mol. The predicted molar refractivity (Wildman–Crippen MR) is 71.8 cm³/mol. The second-order valence-electron chi connectivity index (χ2n) is 5.19. The lowest BCUT2D eigenvalue weighted by Gasteiger charge is -2.17. The number of carbonyl (C=O) groups excluding carboxylic acids is 1. The van der Waals surface area contributed by atoms with Gasteiger partial charge in [-0.1, -0.05) is 30.3 Å². The Kier molecular flexibility index (Phi) is 4.20. The van der Waals surface area contributed by atoms with Crippen molar-refractivity contribution in [3.63, 3.8) is 0 Å². The number of benzene rings is 1. The van der Waals surface area contributed by atoms with Gasteiger partial charge in [-0.2, -0.15) is 0 Å². The van der Waals surface area contributed by atoms with E-state index in [0.717, 1.165) is 12.0 Å². The third-order valence-electron chi connectivity index (χ3n) is 3.82. The topological polar surface area (TPSA) is 66.4 Å². The summed E-state index contributed by atoms with van der Waals surface area (Å²) in [6, 6.07) is 9.60. The highest BCUT2D eigenvalue weighted by Gasteiger charge is 2.31. The fourth-order valence-corrected chi connectivity index (χ4v) is 2.56. The summed E-state index contributed by atoms with van der Waals surface area (Å²) >= 11 is 0. The molecule has 2 rings (SSSR count). The van der Waals surface area contributed by atoms with Crippen LogP contribution in [0.5, 0.6) is 0 Å². The summed E-state index contributed by atoms with van der Waals surface area (Å²) in [7, 11) is 0. The van der Waals surface area contributed by atoms with Crippen LogP contribution in [0.4, 0.5) is 0 Å². The standard InChI is InChI=1S/C15H19NO3/c1-10(11-5-3-2-4-6-11)14(17)16-13-8-7-12(9-13)15(18)19/h2-6,10,12-13H,7-9H2,1H3,(H,16,17)(H,18,19). The Morgan fingerprint density at radius 2 is 1.95 bits per heavy atom. The fraction of sp³-hybridized carbons (Fsp3) is 0.467. The molecule has 0 spiro atoms. The van der Waals surface area contributed by atoms with Crippen molar-refractivity contribution in [2.45, 2.75) is 38.1 Å². The molecule has 102 valence electrons. The van der Waals surface area contributed by atoms with Crippen LogP contribution in [0.25, 0.3) is 0 Å². The van der Waals surface area contributed by atoms with Gasteiger partial charge in [0.1, 0.15) is 0 Å². The van der Waals surface area contributed by atoms with E-state index in [1.807, 2.05) is 37.3 Å². The minimum atomic E-state index is -0.757. The molecule has 0 heterocycles. The van der Waals surface area contributed by atoms with Crippen LogP contribution in [0.3, 0.4) is 0 Å². The summed E-state index contributed by atoms with van der Waals surface area (Å²) in [6.07, 6.45) is 1.95. The Morgan fingerprint density at radius 1 is 1.26 bits per heavy atom. The summed E-state index contributed by atoms with van der Waals surface area (Å²) in [5.41, 5.74) is 0.979. The Hall–Kier alpha value is -1.84. The van der Waals surface area contributed by atoms with Crippen LogP contribution in [0.15, 0.2) is 30.3 Å². The Morgan fingerprint density at radius 3 is 2.53 bits per heavy atom. The van der Waals surface area contributed by atoms with E-state index in [1.165, 1.54) is 0 Å². The number of hydrogen-bond acceptors (Lipinski definition) is 2. The van der Waals surface area contributed by atoms with Gasteiger partial charge in [-0.25, -0.2) is 0 Å². The zero-order valence-corrected chi connectivity index (χ0v) is 11.0. The predicted octanol–water partition coefficient (Wildman–Crippen LogP) is 2.16. The van der Waals surface area contributed by atoms with E-state index in [0.29, 0.717) is 12.8 Å². The third kappa shape index (κ3) is 3.34. The summed E-state index contributed by atoms with van der Waals surface area (Å²) in [5.74, 6) is -1.29. The molecule has 1 aromatic carbocycles. The first-order valence-electron chi connectivity index (χ1n) is 6.66. The van der Waals surface area contributed by atoms with Gasteiger partial charge in [0.15, 0.2) is 0 Å². The first kappa shape index (κ1) is 13.6. The molecule has 1 aliphatic rings. The minimum absolute atomic E-state index is 0.000220. The Bertz CT molecular complexity index is 458. The number of carboxylic acid groups (broad SMARTS) is 1. The van der Waals surface area contributed by atoms with Crippen LogP contribution in [-0.2, 0) is 9.59 Å². The van der Waals surface area contributed by atoms with Crippen molar-refractivity contribution in [1.82, 2.24) is 5.32 Å². The van der Waals surface area contributed by atoms with Crippen molar-refractivity contribution in [1.29, 1.82) is 0 Å². The molecule has 3 unspecified atom stereocenters. The van der Waals surface area contributed by atoms with E-state index in [1.54, 1.807) is 0 Å². The molecule has 1 fully saturated rings.